The van der Waals surface area contributed by atoms with Gasteiger partial charge in [-0.15, -0.1) is 0 Å². The average Bonchev–Trinajstić information content (AvgIpc) is 1.82. The zero-order chi connectivity index (χ0) is 7.98. The summed E-state index contributed by atoms with van der Waals surface area (Å²) in [6.07, 6.45) is 3.11. The second-order valence-electron chi connectivity index (χ2n) is 2.16. The molecule has 0 aromatic rings. The first-order chi connectivity index (χ1) is 4.66. The maximum absolute atomic E-state index is 10.4. The molecule has 0 aromatic carbocycles. The van der Waals surface area contributed by atoms with E-state index >= 15 is 0 Å². The highest BCUT2D eigenvalue weighted by Gasteiger charge is 2.04. The van der Waals surface area contributed by atoms with Crippen LogP contribution in [0.4, 0.5) is 0 Å². The van der Waals surface area contributed by atoms with E-state index in [4.69, 9.17) is 4.74 Å². The molecule has 0 amide bonds. The number of alkyl halides is 1. The van der Waals surface area contributed by atoms with E-state index in [1.807, 2.05) is 0 Å². The van der Waals surface area contributed by atoms with Crippen LogP contribution in [0.3, 0.4) is 0 Å². The Kier molecular flexibility index (Phi) is 5.69. The molecule has 0 saturated carbocycles. The number of ether oxygens (including phenoxy) is 1. The Hall–Kier alpha value is -0.0500. The monoisotopic (exact) mass is 208 g/mol. The molecular formula is C7H13BrO2. The molecule has 0 bridgehead atoms. The van der Waals surface area contributed by atoms with Crippen molar-refractivity contribution in [2.24, 2.45) is 0 Å². The Balaban J connectivity index is 3.25. The summed E-state index contributed by atoms with van der Waals surface area (Å²) in [5.74, 6) is -0.224. The van der Waals surface area contributed by atoms with Crippen molar-refractivity contribution in [3.8, 4) is 0 Å². The van der Waals surface area contributed by atoms with Gasteiger partial charge in [-0.3, -0.25) is 4.79 Å². The number of halogens is 1. The van der Waals surface area contributed by atoms with E-state index in [0.717, 1.165) is 19.3 Å². The van der Waals surface area contributed by atoms with E-state index in [-0.39, 0.29) is 11.0 Å². The van der Waals surface area contributed by atoms with Crippen LogP contribution in [0.5, 0.6) is 0 Å². The van der Waals surface area contributed by atoms with Gasteiger partial charge in [0.1, 0.15) is 0 Å². The van der Waals surface area contributed by atoms with Gasteiger partial charge in [-0.25, -0.2) is 0 Å². The van der Waals surface area contributed by atoms with E-state index in [9.17, 15) is 4.79 Å². The van der Waals surface area contributed by atoms with Crippen molar-refractivity contribution in [3.05, 3.63) is 0 Å². The van der Waals surface area contributed by atoms with Crippen LogP contribution < -0.4 is 0 Å². The summed E-state index contributed by atoms with van der Waals surface area (Å²) < 4.78 is 4.83. The molecule has 0 aliphatic heterocycles. The van der Waals surface area contributed by atoms with Crippen LogP contribution in [-0.4, -0.2) is 11.0 Å². The molecule has 0 saturated heterocycles. The molecule has 1 unspecified atom stereocenters. The Bertz CT molecular complexity index is 104. The topological polar surface area (TPSA) is 26.3 Å². The molecule has 0 spiro atoms. The molecule has 0 rings (SSSR count). The molecule has 1 atom stereocenters. The Morgan fingerprint density at radius 3 is 2.70 bits per heavy atom. The number of hydrogen-bond acceptors (Lipinski definition) is 2. The van der Waals surface area contributed by atoms with Crippen LogP contribution in [0.1, 0.15) is 33.1 Å². The van der Waals surface area contributed by atoms with E-state index in [1.165, 1.54) is 6.92 Å². The molecule has 0 radical (unpaired) electrons. The van der Waals surface area contributed by atoms with Crippen LogP contribution in [0.25, 0.3) is 0 Å². The number of esters is 1. The summed E-state index contributed by atoms with van der Waals surface area (Å²) in [7, 11) is 0. The SMILES string of the molecule is CCCCC(Br)OC(C)=O. The fourth-order valence-electron chi connectivity index (χ4n) is 0.604. The molecule has 0 aromatic heterocycles. The molecule has 0 N–H and O–H groups in total. The van der Waals surface area contributed by atoms with E-state index in [1.54, 1.807) is 0 Å². The van der Waals surface area contributed by atoms with Crippen molar-refractivity contribution in [2.45, 2.75) is 38.1 Å². The van der Waals surface area contributed by atoms with Crippen LogP contribution in [0, 0.1) is 0 Å². The molecule has 60 valence electrons. The van der Waals surface area contributed by atoms with Crippen LogP contribution in [0.15, 0.2) is 0 Å². The summed E-state index contributed by atoms with van der Waals surface area (Å²) in [5, 5.41) is -0.0926. The van der Waals surface area contributed by atoms with Gasteiger partial charge in [-0.05, 0) is 28.8 Å². The normalized spacial score (nSPS) is 12.7. The highest BCUT2D eigenvalue weighted by atomic mass is 79.9. The Labute approximate surface area is 70.1 Å². The third-order valence-corrected chi connectivity index (χ3v) is 1.72. The van der Waals surface area contributed by atoms with Crippen LogP contribution in [-0.2, 0) is 9.53 Å². The maximum Gasteiger partial charge on any atom is 0.303 e. The highest BCUT2D eigenvalue weighted by molar-refractivity contribution is 9.09. The number of rotatable bonds is 4. The van der Waals surface area contributed by atoms with Crippen molar-refractivity contribution in [3.63, 3.8) is 0 Å². The van der Waals surface area contributed by atoms with Gasteiger partial charge < -0.3 is 4.74 Å². The lowest BCUT2D eigenvalue weighted by Gasteiger charge is -2.07. The van der Waals surface area contributed by atoms with Gasteiger partial charge >= 0.3 is 5.97 Å². The van der Waals surface area contributed by atoms with Gasteiger partial charge in [-0.2, -0.15) is 0 Å². The molecule has 0 fully saturated rings. The standard InChI is InChI=1S/C7H13BrO2/c1-3-4-5-7(8)10-6(2)9/h7H,3-5H2,1-2H3. The predicted molar refractivity (Wildman–Crippen MR) is 44.0 cm³/mol. The lowest BCUT2D eigenvalue weighted by molar-refractivity contribution is -0.142. The molecular weight excluding hydrogens is 196 g/mol. The van der Waals surface area contributed by atoms with Crippen LogP contribution in [0.2, 0.25) is 0 Å². The van der Waals surface area contributed by atoms with Gasteiger partial charge in [0, 0.05) is 6.92 Å². The van der Waals surface area contributed by atoms with Crippen LogP contribution >= 0.6 is 15.9 Å². The predicted octanol–water partition coefficient (Wildman–Crippen LogP) is 2.46. The third-order valence-electron chi connectivity index (χ3n) is 1.08. The van der Waals surface area contributed by atoms with Crippen molar-refractivity contribution in [1.82, 2.24) is 0 Å². The Morgan fingerprint density at radius 2 is 2.30 bits per heavy atom. The molecule has 0 aliphatic carbocycles. The first-order valence-corrected chi connectivity index (χ1v) is 4.39. The van der Waals surface area contributed by atoms with Crippen molar-refractivity contribution in [2.75, 3.05) is 0 Å². The van der Waals surface area contributed by atoms with E-state index in [2.05, 4.69) is 22.9 Å². The summed E-state index contributed by atoms with van der Waals surface area (Å²) in [6.45, 7) is 3.52. The number of carbonyl (C=O) groups excluding carboxylic acids is 1. The largest absolute Gasteiger partial charge is 0.451 e. The zero-order valence-electron chi connectivity index (χ0n) is 6.39. The smallest absolute Gasteiger partial charge is 0.303 e. The number of hydrogen-bond donors (Lipinski definition) is 0. The first-order valence-electron chi connectivity index (χ1n) is 3.48. The second kappa shape index (κ2) is 5.71. The number of carbonyl (C=O) groups is 1. The fraction of sp³-hybridized carbons (Fsp3) is 0.857. The summed E-state index contributed by atoms with van der Waals surface area (Å²) in [5.41, 5.74) is 0. The number of unbranched alkanes of at least 4 members (excludes halogenated alkanes) is 1. The van der Waals surface area contributed by atoms with E-state index < -0.39 is 0 Å². The summed E-state index contributed by atoms with van der Waals surface area (Å²) >= 11 is 3.24. The minimum Gasteiger partial charge on any atom is -0.451 e. The van der Waals surface area contributed by atoms with Gasteiger partial charge in [0.05, 0.1) is 0 Å². The minimum atomic E-state index is -0.224. The van der Waals surface area contributed by atoms with Crippen molar-refractivity contribution >= 4 is 21.9 Å². The Morgan fingerprint density at radius 1 is 1.70 bits per heavy atom. The fourth-order valence-corrected chi connectivity index (χ4v) is 1.19. The molecule has 3 heteroatoms. The lowest BCUT2D eigenvalue weighted by Crippen LogP contribution is -2.08. The molecule has 0 aliphatic rings. The first kappa shape index (κ1) is 9.95. The van der Waals surface area contributed by atoms with Gasteiger partial charge in [0.15, 0.2) is 5.01 Å². The maximum atomic E-state index is 10.4. The quantitative estimate of drug-likeness (QED) is 0.525. The van der Waals surface area contributed by atoms with Gasteiger partial charge in [0.25, 0.3) is 0 Å². The minimum absolute atomic E-state index is 0.0926. The average molecular weight is 209 g/mol. The lowest BCUT2D eigenvalue weighted by atomic mass is 10.3. The summed E-state index contributed by atoms with van der Waals surface area (Å²) in [4.78, 5) is 10.4. The molecule has 10 heavy (non-hydrogen) atoms. The van der Waals surface area contributed by atoms with E-state index in [0.29, 0.717) is 0 Å². The molecule has 0 heterocycles. The summed E-state index contributed by atoms with van der Waals surface area (Å²) in [6, 6.07) is 0. The third kappa shape index (κ3) is 6.08. The zero-order valence-corrected chi connectivity index (χ0v) is 7.98. The second-order valence-corrected chi connectivity index (χ2v) is 3.18. The van der Waals surface area contributed by atoms with Gasteiger partial charge in [0.2, 0.25) is 0 Å². The highest BCUT2D eigenvalue weighted by Crippen LogP contribution is 2.10. The van der Waals surface area contributed by atoms with Crippen molar-refractivity contribution in [1.29, 1.82) is 0 Å². The van der Waals surface area contributed by atoms with Crippen molar-refractivity contribution < 1.29 is 9.53 Å². The van der Waals surface area contributed by atoms with Gasteiger partial charge in [-0.1, -0.05) is 13.3 Å². The molecule has 2 nitrogen and oxygen atoms in total.